The van der Waals surface area contributed by atoms with Gasteiger partial charge in [-0.1, -0.05) is 6.92 Å². The molecule has 0 spiro atoms. The van der Waals surface area contributed by atoms with E-state index < -0.39 is 26.8 Å². The van der Waals surface area contributed by atoms with E-state index in [1.807, 2.05) is 13.8 Å². The summed E-state index contributed by atoms with van der Waals surface area (Å²) in [6.45, 7) is 4.24. The number of sulfonamides is 1. The monoisotopic (exact) mass is 432 g/mol. The molecule has 160 valence electrons. The molecule has 0 atom stereocenters. The van der Waals surface area contributed by atoms with Crippen molar-refractivity contribution in [3.63, 3.8) is 0 Å². The van der Waals surface area contributed by atoms with Gasteiger partial charge in [-0.15, -0.1) is 0 Å². The third kappa shape index (κ3) is 6.33. The van der Waals surface area contributed by atoms with Gasteiger partial charge in [-0.2, -0.15) is 13.2 Å². The van der Waals surface area contributed by atoms with Crippen molar-refractivity contribution < 1.29 is 31.4 Å². The molecule has 0 radical (unpaired) electrons. The zero-order valence-electron chi connectivity index (χ0n) is 16.1. The first kappa shape index (κ1) is 23.0. The highest BCUT2D eigenvalue weighted by Crippen LogP contribution is 2.29. The lowest BCUT2D eigenvalue weighted by Gasteiger charge is -2.14. The van der Waals surface area contributed by atoms with Crippen LogP contribution in [0.2, 0.25) is 0 Å². The second-order valence-electron chi connectivity index (χ2n) is 6.44. The summed E-state index contributed by atoms with van der Waals surface area (Å²) in [5, 5.41) is 9.17. The fourth-order valence-corrected chi connectivity index (χ4v) is 3.68. The number of nitrogens with one attached hydrogen (secondary N) is 1. The Labute approximate surface area is 167 Å². The van der Waals surface area contributed by atoms with E-state index in [9.17, 15) is 26.7 Å². The van der Waals surface area contributed by atoms with Crippen molar-refractivity contribution in [1.29, 1.82) is 0 Å². The number of nitrogens with zero attached hydrogens (tertiary/aromatic N) is 1. The maximum absolute atomic E-state index is 12.5. The van der Waals surface area contributed by atoms with Crippen molar-refractivity contribution in [3.8, 4) is 11.5 Å². The maximum Gasteiger partial charge on any atom is 0.417 e. The van der Waals surface area contributed by atoms with E-state index in [1.54, 1.807) is 12.1 Å². The molecular weight excluding hydrogens is 409 g/mol. The van der Waals surface area contributed by atoms with Crippen molar-refractivity contribution in [2.45, 2.75) is 44.3 Å². The zero-order chi connectivity index (χ0) is 21.7. The van der Waals surface area contributed by atoms with E-state index in [0.29, 0.717) is 43.9 Å². The van der Waals surface area contributed by atoms with E-state index >= 15 is 0 Å². The molecule has 1 aromatic heterocycles. The molecule has 0 amide bonds. The Kier molecular flexibility index (Phi) is 7.48. The van der Waals surface area contributed by atoms with Gasteiger partial charge in [-0.25, -0.2) is 18.1 Å². The Bertz CT molecular complexity index is 930. The highest BCUT2D eigenvalue weighted by molar-refractivity contribution is 7.89. The molecule has 2 N–H and O–H groups in total. The number of hydrogen-bond acceptors (Lipinski definition) is 5. The number of rotatable bonds is 9. The average molecular weight is 432 g/mol. The highest BCUT2D eigenvalue weighted by atomic mass is 32.2. The van der Waals surface area contributed by atoms with Crippen molar-refractivity contribution in [2.75, 3.05) is 13.2 Å². The second kappa shape index (κ2) is 9.45. The van der Waals surface area contributed by atoms with E-state index in [1.165, 1.54) is 0 Å². The fraction of sp³-hybridized carbons (Fsp3) is 0.421. The number of aromatic hydroxyl groups is 1. The summed E-state index contributed by atoms with van der Waals surface area (Å²) in [4.78, 5) is 3.39. The number of alkyl halides is 3. The molecule has 0 aliphatic rings. The molecule has 0 saturated heterocycles. The molecule has 0 unspecified atom stereocenters. The van der Waals surface area contributed by atoms with Gasteiger partial charge in [0.05, 0.1) is 12.2 Å². The minimum absolute atomic E-state index is 0.101. The Balaban J connectivity index is 1.82. The molecule has 0 saturated carbocycles. The zero-order valence-corrected chi connectivity index (χ0v) is 16.9. The number of pyridine rings is 1. The van der Waals surface area contributed by atoms with Crippen LogP contribution in [-0.2, 0) is 22.6 Å². The average Bonchev–Trinajstić information content (AvgIpc) is 2.64. The first-order valence-electron chi connectivity index (χ1n) is 9.03. The number of hydrogen-bond donors (Lipinski definition) is 2. The lowest BCUT2D eigenvalue weighted by atomic mass is 10.1. The third-order valence-electron chi connectivity index (χ3n) is 4.17. The van der Waals surface area contributed by atoms with E-state index in [2.05, 4.69) is 9.71 Å². The highest BCUT2D eigenvalue weighted by Gasteiger charge is 2.31. The molecule has 0 aliphatic heterocycles. The lowest BCUT2D eigenvalue weighted by molar-refractivity contribution is -0.137. The number of phenolic OH excluding ortho intramolecular Hbond substituents is 1. The number of aromatic nitrogens is 1. The summed E-state index contributed by atoms with van der Waals surface area (Å²) in [6, 6.07) is 4.77. The van der Waals surface area contributed by atoms with Gasteiger partial charge in [0.2, 0.25) is 0 Å². The first-order chi connectivity index (χ1) is 13.5. The molecule has 29 heavy (non-hydrogen) atoms. The Morgan fingerprint density at radius 3 is 2.52 bits per heavy atom. The molecule has 1 aromatic carbocycles. The number of phenols is 1. The molecule has 10 heteroatoms. The molecule has 2 aromatic rings. The van der Waals surface area contributed by atoms with Crippen LogP contribution in [0.15, 0.2) is 35.5 Å². The van der Waals surface area contributed by atoms with E-state index in [-0.39, 0.29) is 12.3 Å². The molecule has 1 heterocycles. The Morgan fingerprint density at radius 1 is 1.21 bits per heavy atom. The Hall–Kier alpha value is -2.33. The summed E-state index contributed by atoms with van der Waals surface area (Å²) in [5.74, 6) is 0.887. The van der Waals surface area contributed by atoms with Crippen LogP contribution in [0, 0.1) is 6.92 Å². The normalized spacial score (nSPS) is 12.2. The van der Waals surface area contributed by atoms with Crippen LogP contribution in [0.1, 0.15) is 36.5 Å². The largest absolute Gasteiger partial charge is 0.508 e. The molecule has 0 aliphatic carbocycles. The van der Waals surface area contributed by atoms with Gasteiger partial charge in [0.25, 0.3) is 10.0 Å². The quantitative estimate of drug-likeness (QED) is 0.588. The fourth-order valence-electron chi connectivity index (χ4n) is 2.68. The minimum Gasteiger partial charge on any atom is -0.508 e. The van der Waals surface area contributed by atoms with Crippen LogP contribution in [0.5, 0.6) is 11.5 Å². The van der Waals surface area contributed by atoms with Crippen LogP contribution in [0.25, 0.3) is 0 Å². The van der Waals surface area contributed by atoms with Crippen molar-refractivity contribution >= 4 is 10.0 Å². The van der Waals surface area contributed by atoms with Crippen molar-refractivity contribution in [2.24, 2.45) is 0 Å². The molecule has 2 rings (SSSR count). The van der Waals surface area contributed by atoms with Crippen molar-refractivity contribution in [3.05, 3.63) is 47.2 Å². The van der Waals surface area contributed by atoms with Gasteiger partial charge in [-0.3, -0.25) is 0 Å². The van der Waals surface area contributed by atoms with E-state index in [0.717, 1.165) is 17.2 Å². The van der Waals surface area contributed by atoms with Gasteiger partial charge in [0.1, 0.15) is 11.5 Å². The topological polar surface area (TPSA) is 88.5 Å². The molecule has 0 fully saturated rings. The van der Waals surface area contributed by atoms with Gasteiger partial charge in [-0.05, 0) is 61.6 Å². The summed E-state index contributed by atoms with van der Waals surface area (Å²) in [5.41, 5.74) is 0.692. The maximum atomic E-state index is 12.5. The van der Waals surface area contributed by atoms with Gasteiger partial charge >= 0.3 is 6.18 Å². The second-order valence-corrected chi connectivity index (χ2v) is 8.15. The minimum atomic E-state index is -4.57. The lowest BCUT2D eigenvalue weighted by Crippen LogP contribution is -2.26. The predicted octanol–water partition coefficient (Wildman–Crippen LogP) is 3.81. The van der Waals surface area contributed by atoms with Crippen LogP contribution in [0.3, 0.4) is 0 Å². The van der Waals surface area contributed by atoms with Crippen LogP contribution < -0.4 is 9.46 Å². The summed E-state index contributed by atoms with van der Waals surface area (Å²) in [6.07, 6.45) is -2.35. The Morgan fingerprint density at radius 2 is 1.93 bits per heavy atom. The third-order valence-corrected chi connectivity index (χ3v) is 5.54. The standard InChI is InChI=1S/C19H23F3N2O4S/c1-3-14-11-16(25)10-13(2)18(14)28-9-5-4-8-24-29(26,27)17-7-6-15(12-23-17)19(20,21)22/h6-7,10-12,24-25H,3-5,8-9H2,1-2H3. The summed E-state index contributed by atoms with van der Waals surface area (Å²) in [7, 11) is -3.98. The van der Waals surface area contributed by atoms with Gasteiger partial charge < -0.3 is 9.84 Å². The number of ether oxygens (including phenoxy) is 1. The molecule has 6 nitrogen and oxygen atoms in total. The van der Waals surface area contributed by atoms with Crippen LogP contribution in [-0.4, -0.2) is 31.7 Å². The van der Waals surface area contributed by atoms with Gasteiger partial charge in [0, 0.05) is 12.7 Å². The predicted molar refractivity (Wildman–Crippen MR) is 101 cm³/mol. The summed E-state index contributed by atoms with van der Waals surface area (Å²) < 4.78 is 69.8. The number of benzene rings is 1. The van der Waals surface area contributed by atoms with Gasteiger partial charge in [0.15, 0.2) is 5.03 Å². The number of aryl methyl sites for hydroxylation is 2. The molecule has 0 bridgehead atoms. The van der Waals surface area contributed by atoms with Crippen LogP contribution >= 0.6 is 0 Å². The summed E-state index contributed by atoms with van der Waals surface area (Å²) >= 11 is 0. The smallest absolute Gasteiger partial charge is 0.417 e. The SMILES string of the molecule is CCc1cc(O)cc(C)c1OCCCCNS(=O)(=O)c1ccc(C(F)(F)F)cn1. The van der Waals surface area contributed by atoms with Crippen molar-refractivity contribution in [1.82, 2.24) is 9.71 Å². The molecular formula is C19H23F3N2O4S. The number of halogens is 3. The number of unbranched alkanes of at least 4 members (excludes halogenated alkanes) is 1. The first-order valence-corrected chi connectivity index (χ1v) is 10.5. The van der Waals surface area contributed by atoms with E-state index in [4.69, 9.17) is 4.74 Å². The van der Waals surface area contributed by atoms with Crippen LogP contribution in [0.4, 0.5) is 13.2 Å².